The van der Waals surface area contributed by atoms with Gasteiger partial charge in [0.15, 0.2) is 0 Å². The summed E-state index contributed by atoms with van der Waals surface area (Å²) >= 11 is 0. The van der Waals surface area contributed by atoms with E-state index in [4.69, 9.17) is 4.74 Å². The first-order valence-electron chi connectivity index (χ1n) is 11.8. The number of rotatable bonds is 6. The minimum atomic E-state index is -0.353. The highest BCUT2D eigenvalue weighted by Gasteiger charge is 2.39. The number of para-hydroxylation sites is 1. The Morgan fingerprint density at radius 3 is 2.17 bits per heavy atom. The standard InChI is InChI=1S/C30H32N2O3/c1-19-11-12-21(17-20(19)2)26-27(31-24-15-13-23(14-16-24)30(3,4)5)29(34)32(28(26)33)18-22-9-7-8-10-25(22)35-6/h7-17,31H,18H2,1-6H3. The fourth-order valence-corrected chi connectivity index (χ4v) is 4.20. The van der Waals surface area contributed by atoms with Gasteiger partial charge in [0.1, 0.15) is 11.4 Å². The number of methoxy groups -OCH3 is 1. The number of amides is 2. The highest BCUT2D eigenvalue weighted by atomic mass is 16.5. The number of nitrogens with one attached hydrogen (secondary N) is 1. The third kappa shape index (κ3) is 4.85. The summed E-state index contributed by atoms with van der Waals surface area (Å²) in [6, 6.07) is 21.3. The Hall–Kier alpha value is -3.86. The summed E-state index contributed by atoms with van der Waals surface area (Å²) in [5, 5.41) is 3.26. The molecule has 35 heavy (non-hydrogen) atoms. The molecule has 0 bridgehead atoms. The molecule has 4 rings (SSSR count). The molecule has 5 nitrogen and oxygen atoms in total. The van der Waals surface area contributed by atoms with Gasteiger partial charge in [-0.1, -0.05) is 69.3 Å². The van der Waals surface area contributed by atoms with E-state index in [2.05, 4.69) is 26.1 Å². The average Bonchev–Trinajstić information content (AvgIpc) is 3.05. The summed E-state index contributed by atoms with van der Waals surface area (Å²) in [6.07, 6.45) is 0. The molecular formula is C30H32N2O3. The van der Waals surface area contributed by atoms with Crippen molar-refractivity contribution in [2.45, 2.75) is 46.6 Å². The lowest BCUT2D eigenvalue weighted by atomic mass is 9.87. The van der Waals surface area contributed by atoms with Gasteiger partial charge in [-0.3, -0.25) is 14.5 Å². The Morgan fingerprint density at radius 1 is 0.857 bits per heavy atom. The lowest BCUT2D eigenvalue weighted by molar-refractivity contribution is -0.137. The molecule has 5 heteroatoms. The largest absolute Gasteiger partial charge is 0.496 e. The lowest BCUT2D eigenvalue weighted by Gasteiger charge is -2.19. The van der Waals surface area contributed by atoms with Gasteiger partial charge in [0.2, 0.25) is 0 Å². The molecule has 3 aromatic rings. The quantitative estimate of drug-likeness (QED) is 0.451. The molecule has 0 saturated heterocycles. The zero-order chi connectivity index (χ0) is 25.3. The van der Waals surface area contributed by atoms with Crippen LogP contribution in [0.1, 0.15) is 48.6 Å². The van der Waals surface area contributed by atoms with Crippen molar-refractivity contribution >= 4 is 23.1 Å². The number of carbonyl (C=O) groups is 2. The Bertz CT molecular complexity index is 1310. The van der Waals surface area contributed by atoms with E-state index in [1.54, 1.807) is 7.11 Å². The average molecular weight is 469 g/mol. The van der Waals surface area contributed by atoms with E-state index in [1.165, 1.54) is 10.5 Å². The van der Waals surface area contributed by atoms with Crippen LogP contribution in [0, 0.1) is 13.8 Å². The maximum atomic E-state index is 13.7. The van der Waals surface area contributed by atoms with Gasteiger partial charge in [-0.15, -0.1) is 0 Å². The Labute approximate surface area is 207 Å². The minimum absolute atomic E-state index is 0.0209. The Kier molecular flexibility index (Phi) is 6.53. The second-order valence-electron chi connectivity index (χ2n) is 10.0. The number of hydrogen-bond donors (Lipinski definition) is 1. The predicted octanol–water partition coefficient (Wildman–Crippen LogP) is 6.00. The number of hydrogen-bond acceptors (Lipinski definition) is 4. The number of ether oxygens (including phenoxy) is 1. The Morgan fingerprint density at radius 2 is 1.54 bits per heavy atom. The molecule has 0 spiro atoms. The molecule has 0 fully saturated rings. The van der Waals surface area contributed by atoms with Crippen LogP contribution in [0.15, 0.2) is 72.4 Å². The molecule has 0 saturated carbocycles. The number of nitrogens with zero attached hydrogens (tertiary/aromatic N) is 1. The van der Waals surface area contributed by atoms with Crippen molar-refractivity contribution in [3.8, 4) is 5.75 Å². The van der Waals surface area contributed by atoms with E-state index in [-0.39, 0.29) is 29.5 Å². The van der Waals surface area contributed by atoms with Crippen molar-refractivity contribution in [3.05, 3.63) is 100 Å². The fourth-order valence-electron chi connectivity index (χ4n) is 4.20. The van der Waals surface area contributed by atoms with E-state index in [0.717, 1.165) is 27.9 Å². The predicted molar refractivity (Wildman–Crippen MR) is 140 cm³/mol. The second-order valence-corrected chi connectivity index (χ2v) is 10.0. The van der Waals surface area contributed by atoms with Crippen LogP contribution in [-0.2, 0) is 21.5 Å². The second kappa shape index (κ2) is 9.41. The third-order valence-corrected chi connectivity index (χ3v) is 6.50. The van der Waals surface area contributed by atoms with Crippen LogP contribution < -0.4 is 10.1 Å². The summed E-state index contributed by atoms with van der Waals surface area (Å²) in [5.41, 5.74) is 6.33. The molecule has 180 valence electrons. The van der Waals surface area contributed by atoms with E-state index in [9.17, 15) is 9.59 Å². The number of carbonyl (C=O) groups excluding carboxylic acids is 2. The topological polar surface area (TPSA) is 58.6 Å². The smallest absolute Gasteiger partial charge is 0.278 e. The summed E-state index contributed by atoms with van der Waals surface area (Å²) in [5.74, 6) is -0.0352. The van der Waals surface area contributed by atoms with Crippen LogP contribution in [0.5, 0.6) is 5.75 Å². The van der Waals surface area contributed by atoms with Gasteiger partial charge in [-0.05, 0) is 59.7 Å². The highest BCUT2D eigenvalue weighted by Crippen LogP contribution is 2.34. The third-order valence-electron chi connectivity index (χ3n) is 6.50. The molecule has 0 unspecified atom stereocenters. The molecular weight excluding hydrogens is 436 g/mol. The number of benzene rings is 3. The minimum Gasteiger partial charge on any atom is -0.496 e. The molecule has 0 atom stereocenters. The Balaban J connectivity index is 1.75. The number of imide groups is 1. The van der Waals surface area contributed by atoms with E-state index >= 15 is 0 Å². The fraction of sp³-hybridized carbons (Fsp3) is 0.267. The van der Waals surface area contributed by atoms with Crippen LogP contribution in [-0.4, -0.2) is 23.8 Å². The van der Waals surface area contributed by atoms with Crippen molar-refractivity contribution in [2.24, 2.45) is 0 Å². The molecule has 1 aliphatic rings. The van der Waals surface area contributed by atoms with Crippen molar-refractivity contribution in [2.75, 3.05) is 12.4 Å². The summed E-state index contributed by atoms with van der Waals surface area (Å²) in [7, 11) is 1.58. The van der Waals surface area contributed by atoms with Crippen molar-refractivity contribution in [1.29, 1.82) is 0 Å². The number of aryl methyl sites for hydroxylation is 2. The highest BCUT2D eigenvalue weighted by molar-refractivity contribution is 6.36. The van der Waals surface area contributed by atoms with Crippen LogP contribution in [0.25, 0.3) is 5.57 Å². The van der Waals surface area contributed by atoms with Crippen molar-refractivity contribution in [3.63, 3.8) is 0 Å². The van der Waals surface area contributed by atoms with Crippen LogP contribution >= 0.6 is 0 Å². The summed E-state index contributed by atoms with van der Waals surface area (Å²) in [4.78, 5) is 28.6. The van der Waals surface area contributed by atoms with E-state index in [1.807, 2.05) is 80.6 Å². The SMILES string of the molecule is COc1ccccc1CN1C(=O)C(Nc2ccc(C(C)(C)C)cc2)=C(c2ccc(C)c(C)c2)C1=O. The summed E-state index contributed by atoms with van der Waals surface area (Å²) in [6.45, 7) is 10.6. The van der Waals surface area contributed by atoms with Gasteiger partial charge in [0.25, 0.3) is 11.8 Å². The van der Waals surface area contributed by atoms with Gasteiger partial charge < -0.3 is 10.1 Å². The molecule has 0 aromatic heterocycles. The van der Waals surface area contributed by atoms with Crippen molar-refractivity contribution in [1.82, 2.24) is 4.90 Å². The van der Waals surface area contributed by atoms with Gasteiger partial charge in [0, 0.05) is 11.3 Å². The van der Waals surface area contributed by atoms with Gasteiger partial charge in [0.05, 0.1) is 19.2 Å². The molecule has 0 aliphatic carbocycles. The van der Waals surface area contributed by atoms with Crippen LogP contribution in [0.4, 0.5) is 5.69 Å². The molecule has 0 radical (unpaired) electrons. The van der Waals surface area contributed by atoms with Crippen molar-refractivity contribution < 1.29 is 14.3 Å². The monoisotopic (exact) mass is 468 g/mol. The first kappa shape index (κ1) is 24.3. The van der Waals surface area contributed by atoms with E-state index < -0.39 is 0 Å². The maximum Gasteiger partial charge on any atom is 0.278 e. The van der Waals surface area contributed by atoms with E-state index in [0.29, 0.717) is 11.3 Å². The molecule has 1 N–H and O–H groups in total. The lowest BCUT2D eigenvalue weighted by Crippen LogP contribution is -2.32. The maximum absolute atomic E-state index is 13.7. The molecule has 3 aromatic carbocycles. The van der Waals surface area contributed by atoms with Crippen LogP contribution in [0.3, 0.4) is 0 Å². The molecule has 1 aliphatic heterocycles. The summed E-state index contributed by atoms with van der Waals surface area (Å²) < 4.78 is 5.45. The number of anilines is 1. The zero-order valence-electron chi connectivity index (χ0n) is 21.2. The van der Waals surface area contributed by atoms with Gasteiger partial charge >= 0.3 is 0 Å². The normalized spacial score (nSPS) is 14.1. The van der Waals surface area contributed by atoms with Crippen LogP contribution in [0.2, 0.25) is 0 Å². The molecule has 2 amide bonds. The first-order valence-corrected chi connectivity index (χ1v) is 11.8. The zero-order valence-corrected chi connectivity index (χ0v) is 21.2. The van der Waals surface area contributed by atoms with Gasteiger partial charge in [-0.2, -0.15) is 0 Å². The first-order chi connectivity index (χ1) is 16.6. The molecule has 1 heterocycles. The van der Waals surface area contributed by atoms with Gasteiger partial charge in [-0.25, -0.2) is 0 Å².